The second kappa shape index (κ2) is 11.7. The van der Waals surface area contributed by atoms with Gasteiger partial charge in [0, 0.05) is 12.6 Å². The van der Waals surface area contributed by atoms with Gasteiger partial charge in [0.25, 0.3) is 0 Å². The van der Waals surface area contributed by atoms with E-state index in [2.05, 4.69) is 13.0 Å². The minimum absolute atomic E-state index is 0.208. The van der Waals surface area contributed by atoms with Gasteiger partial charge in [-0.05, 0) is 50.7 Å². The van der Waals surface area contributed by atoms with Gasteiger partial charge in [-0.15, -0.1) is 0 Å². The Balaban J connectivity index is 2.62. The Morgan fingerprint density at radius 1 is 1.20 bits per heavy atom. The summed E-state index contributed by atoms with van der Waals surface area (Å²) >= 11 is 0. The number of carbonyl (C=O) groups is 1. The van der Waals surface area contributed by atoms with Crippen molar-refractivity contribution in [3.05, 3.63) is 23.8 Å². The molecule has 2 atom stereocenters. The zero-order valence-electron chi connectivity index (χ0n) is 15.8. The second-order valence-electron chi connectivity index (χ2n) is 6.31. The van der Waals surface area contributed by atoms with Gasteiger partial charge in [-0.25, -0.2) is 0 Å². The molecule has 0 saturated carbocycles. The molecule has 25 heavy (non-hydrogen) atoms. The second-order valence-corrected chi connectivity index (χ2v) is 6.31. The summed E-state index contributed by atoms with van der Waals surface area (Å²) in [6.45, 7) is 7.52. The molecule has 0 saturated heterocycles. The molecule has 3 N–H and O–H groups in total. The molecular weight excluding hydrogens is 318 g/mol. The molecule has 0 amide bonds. The lowest BCUT2D eigenvalue weighted by Gasteiger charge is -2.19. The van der Waals surface area contributed by atoms with Crippen molar-refractivity contribution in [3.63, 3.8) is 0 Å². The van der Waals surface area contributed by atoms with Crippen molar-refractivity contribution >= 4 is 5.97 Å². The zero-order valence-corrected chi connectivity index (χ0v) is 15.8. The monoisotopic (exact) mass is 351 g/mol. The molecule has 0 radical (unpaired) electrons. The summed E-state index contributed by atoms with van der Waals surface area (Å²) in [6.07, 6.45) is 4.55. The number of ether oxygens (including phenoxy) is 2. The highest BCUT2D eigenvalue weighted by Crippen LogP contribution is 2.28. The third-order valence-electron chi connectivity index (χ3n) is 4.54. The Morgan fingerprint density at radius 2 is 1.92 bits per heavy atom. The Bertz CT molecular complexity index is 518. The van der Waals surface area contributed by atoms with Crippen molar-refractivity contribution < 1.29 is 19.4 Å². The van der Waals surface area contributed by atoms with E-state index in [9.17, 15) is 9.90 Å². The van der Waals surface area contributed by atoms with E-state index >= 15 is 0 Å². The SMILES string of the molecule is CCOc1ccc(CCCC(CC)CC(CN)C(=O)O)c(OCC)c1. The fourth-order valence-electron chi connectivity index (χ4n) is 3.06. The van der Waals surface area contributed by atoms with E-state index in [4.69, 9.17) is 15.2 Å². The van der Waals surface area contributed by atoms with Gasteiger partial charge in [0.2, 0.25) is 0 Å². The molecule has 0 spiro atoms. The van der Waals surface area contributed by atoms with Crippen LogP contribution in [0.3, 0.4) is 0 Å². The molecule has 5 heteroatoms. The molecule has 0 heterocycles. The lowest BCUT2D eigenvalue weighted by atomic mass is 9.88. The Hall–Kier alpha value is -1.75. The molecular formula is C20H33NO4. The van der Waals surface area contributed by atoms with Crippen molar-refractivity contribution in [2.24, 2.45) is 17.6 Å². The Kier molecular flexibility index (Phi) is 10.0. The van der Waals surface area contributed by atoms with Gasteiger partial charge in [-0.1, -0.05) is 25.8 Å². The van der Waals surface area contributed by atoms with Gasteiger partial charge in [-0.3, -0.25) is 4.79 Å². The molecule has 0 aliphatic heterocycles. The van der Waals surface area contributed by atoms with Crippen molar-refractivity contribution in [2.45, 2.75) is 52.9 Å². The van der Waals surface area contributed by atoms with Crippen molar-refractivity contribution in [2.75, 3.05) is 19.8 Å². The zero-order chi connectivity index (χ0) is 18.7. The summed E-state index contributed by atoms with van der Waals surface area (Å²) in [7, 11) is 0. The molecule has 1 aromatic carbocycles. The van der Waals surface area contributed by atoms with Crippen LogP contribution in [0.5, 0.6) is 11.5 Å². The Labute approximate surface area is 151 Å². The minimum Gasteiger partial charge on any atom is -0.494 e. The van der Waals surface area contributed by atoms with Crippen LogP contribution in [0, 0.1) is 11.8 Å². The van der Waals surface area contributed by atoms with Crippen LogP contribution in [0.15, 0.2) is 18.2 Å². The fourth-order valence-corrected chi connectivity index (χ4v) is 3.06. The number of aryl methyl sites for hydroxylation is 1. The molecule has 0 aliphatic carbocycles. The summed E-state index contributed by atoms with van der Waals surface area (Å²) in [5.74, 6) is 0.878. The highest BCUT2D eigenvalue weighted by atomic mass is 16.5. The number of aliphatic carboxylic acids is 1. The maximum Gasteiger partial charge on any atom is 0.307 e. The van der Waals surface area contributed by atoms with E-state index < -0.39 is 11.9 Å². The summed E-state index contributed by atoms with van der Waals surface area (Å²) in [5.41, 5.74) is 6.75. The summed E-state index contributed by atoms with van der Waals surface area (Å²) < 4.78 is 11.3. The lowest BCUT2D eigenvalue weighted by Crippen LogP contribution is -2.25. The quantitative estimate of drug-likeness (QED) is 0.563. The molecule has 0 fully saturated rings. The average Bonchev–Trinajstić information content (AvgIpc) is 2.59. The standard InChI is InChI=1S/C20H33NO4/c1-4-15(12-17(14-21)20(22)23)8-7-9-16-10-11-18(24-5-2)13-19(16)25-6-3/h10-11,13,15,17H,4-9,12,14,21H2,1-3H3,(H,22,23). The van der Waals surface area contributed by atoms with Crippen LogP contribution in [0.1, 0.15) is 52.0 Å². The minimum atomic E-state index is -0.786. The van der Waals surface area contributed by atoms with Crippen molar-refractivity contribution in [3.8, 4) is 11.5 Å². The van der Waals surface area contributed by atoms with Gasteiger partial charge in [0.05, 0.1) is 19.1 Å². The Morgan fingerprint density at radius 3 is 2.48 bits per heavy atom. The van der Waals surface area contributed by atoms with E-state index in [1.54, 1.807) is 0 Å². The maximum atomic E-state index is 11.2. The van der Waals surface area contributed by atoms with Gasteiger partial charge in [-0.2, -0.15) is 0 Å². The van der Waals surface area contributed by atoms with Gasteiger partial charge in [0.1, 0.15) is 11.5 Å². The number of benzene rings is 1. The largest absolute Gasteiger partial charge is 0.494 e. The molecule has 5 nitrogen and oxygen atoms in total. The summed E-state index contributed by atoms with van der Waals surface area (Å²) in [4.78, 5) is 11.2. The normalized spacial score (nSPS) is 13.3. The molecule has 0 aromatic heterocycles. The highest BCUT2D eigenvalue weighted by Gasteiger charge is 2.20. The van der Waals surface area contributed by atoms with Crippen LogP contribution in [0.25, 0.3) is 0 Å². The third kappa shape index (κ3) is 7.34. The number of hydrogen-bond donors (Lipinski definition) is 2. The summed E-state index contributed by atoms with van der Waals surface area (Å²) in [6, 6.07) is 6.00. The first kappa shape index (κ1) is 21.3. The van der Waals surface area contributed by atoms with Crippen LogP contribution in [0.4, 0.5) is 0 Å². The highest BCUT2D eigenvalue weighted by molar-refractivity contribution is 5.70. The predicted octanol–water partition coefficient (Wildman–Crippen LogP) is 3.88. The van der Waals surface area contributed by atoms with E-state index in [-0.39, 0.29) is 6.54 Å². The molecule has 0 bridgehead atoms. The van der Waals surface area contributed by atoms with E-state index in [1.165, 1.54) is 5.56 Å². The van der Waals surface area contributed by atoms with Gasteiger partial charge < -0.3 is 20.3 Å². The number of carboxylic acid groups (broad SMARTS) is 1. The molecule has 2 unspecified atom stereocenters. The third-order valence-corrected chi connectivity index (χ3v) is 4.54. The smallest absolute Gasteiger partial charge is 0.307 e. The molecule has 1 aromatic rings. The molecule has 0 aliphatic rings. The number of nitrogens with two attached hydrogens (primary N) is 1. The van der Waals surface area contributed by atoms with Gasteiger partial charge in [0.15, 0.2) is 0 Å². The first-order valence-corrected chi connectivity index (χ1v) is 9.36. The maximum absolute atomic E-state index is 11.2. The first-order chi connectivity index (χ1) is 12.0. The van der Waals surface area contributed by atoms with E-state index in [0.717, 1.165) is 37.2 Å². The van der Waals surface area contributed by atoms with Crippen molar-refractivity contribution in [1.82, 2.24) is 0 Å². The number of carboxylic acids is 1. The van der Waals surface area contributed by atoms with E-state index in [1.807, 2.05) is 26.0 Å². The lowest BCUT2D eigenvalue weighted by molar-refractivity contribution is -0.142. The van der Waals surface area contributed by atoms with Crippen LogP contribution in [-0.2, 0) is 11.2 Å². The number of rotatable bonds is 13. The fraction of sp³-hybridized carbons (Fsp3) is 0.650. The summed E-state index contributed by atoms with van der Waals surface area (Å²) in [5, 5.41) is 9.18. The molecule has 142 valence electrons. The van der Waals surface area contributed by atoms with Crippen LogP contribution >= 0.6 is 0 Å². The van der Waals surface area contributed by atoms with Crippen LogP contribution in [-0.4, -0.2) is 30.8 Å². The topological polar surface area (TPSA) is 81.8 Å². The number of hydrogen-bond acceptors (Lipinski definition) is 4. The molecule has 1 rings (SSSR count). The average molecular weight is 351 g/mol. The van der Waals surface area contributed by atoms with E-state index in [0.29, 0.717) is 25.6 Å². The predicted molar refractivity (Wildman–Crippen MR) is 100 cm³/mol. The van der Waals surface area contributed by atoms with Crippen LogP contribution in [0.2, 0.25) is 0 Å². The van der Waals surface area contributed by atoms with Crippen LogP contribution < -0.4 is 15.2 Å². The van der Waals surface area contributed by atoms with Gasteiger partial charge >= 0.3 is 5.97 Å². The van der Waals surface area contributed by atoms with Crippen molar-refractivity contribution in [1.29, 1.82) is 0 Å². The first-order valence-electron chi connectivity index (χ1n) is 9.36.